The summed E-state index contributed by atoms with van der Waals surface area (Å²) in [6.45, 7) is 7.23. The van der Waals surface area contributed by atoms with E-state index in [1.54, 1.807) is 0 Å². The van der Waals surface area contributed by atoms with E-state index < -0.39 is 0 Å². The van der Waals surface area contributed by atoms with E-state index in [9.17, 15) is 0 Å². The molecule has 18 heavy (non-hydrogen) atoms. The van der Waals surface area contributed by atoms with Gasteiger partial charge in [0.2, 0.25) is 0 Å². The molecule has 2 fully saturated rings. The lowest BCUT2D eigenvalue weighted by atomic mass is 10.2. The van der Waals surface area contributed by atoms with Gasteiger partial charge in [0.1, 0.15) is 0 Å². The number of rotatable bonds is 2. The maximum absolute atomic E-state index is 3.49. The van der Waals surface area contributed by atoms with Gasteiger partial charge in [0.15, 0.2) is 0 Å². The van der Waals surface area contributed by atoms with Crippen molar-refractivity contribution in [3.05, 3.63) is 30.3 Å². The Balaban J connectivity index is 1.61. The average molecular weight is 245 g/mol. The van der Waals surface area contributed by atoms with E-state index in [1.807, 2.05) is 0 Å². The van der Waals surface area contributed by atoms with E-state index in [0.29, 0.717) is 0 Å². The lowest BCUT2D eigenvalue weighted by molar-refractivity contribution is 0.224. The van der Waals surface area contributed by atoms with Gasteiger partial charge >= 0.3 is 0 Å². The predicted octanol–water partition coefficient (Wildman–Crippen LogP) is 1.56. The average Bonchev–Trinajstić information content (AvgIpc) is 2.76. The summed E-state index contributed by atoms with van der Waals surface area (Å²) in [5, 5.41) is 3.49. The van der Waals surface area contributed by atoms with Gasteiger partial charge in [-0.2, -0.15) is 0 Å². The molecule has 0 spiro atoms. The zero-order valence-electron chi connectivity index (χ0n) is 11.0. The van der Waals surface area contributed by atoms with E-state index in [-0.39, 0.29) is 0 Å². The Morgan fingerprint density at radius 1 is 1.00 bits per heavy atom. The highest BCUT2D eigenvalue weighted by Gasteiger charge is 2.27. The summed E-state index contributed by atoms with van der Waals surface area (Å²) in [6, 6.07) is 11.6. The number of anilines is 1. The van der Waals surface area contributed by atoms with Crippen molar-refractivity contribution in [1.29, 1.82) is 0 Å². The van der Waals surface area contributed by atoms with Gasteiger partial charge in [0.05, 0.1) is 0 Å². The number of benzene rings is 1. The highest BCUT2D eigenvalue weighted by atomic mass is 15.3. The second kappa shape index (κ2) is 5.72. The normalized spacial score (nSPS) is 26.2. The summed E-state index contributed by atoms with van der Waals surface area (Å²) in [4.78, 5) is 5.21. The molecule has 0 saturated carbocycles. The van der Waals surface area contributed by atoms with Gasteiger partial charge in [0.25, 0.3) is 0 Å². The van der Waals surface area contributed by atoms with E-state index in [1.165, 1.54) is 51.3 Å². The first-order valence-electron chi connectivity index (χ1n) is 7.18. The van der Waals surface area contributed by atoms with Crippen LogP contribution in [0.1, 0.15) is 12.8 Å². The lowest BCUT2D eigenvalue weighted by Crippen LogP contribution is -2.39. The van der Waals surface area contributed by atoms with Gasteiger partial charge in [-0.1, -0.05) is 18.2 Å². The number of nitrogens with one attached hydrogen (secondary N) is 1. The van der Waals surface area contributed by atoms with E-state index in [2.05, 4.69) is 45.4 Å². The zero-order valence-corrected chi connectivity index (χ0v) is 11.0. The summed E-state index contributed by atoms with van der Waals surface area (Å²) >= 11 is 0. The van der Waals surface area contributed by atoms with Gasteiger partial charge in [-0.05, 0) is 38.1 Å². The molecule has 98 valence electrons. The van der Waals surface area contributed by atoms with Crippen molar-refractivity contribution in [2.75, 3.05) is 44.2 Å². The molecule has 0 aromatic heterocycles. The van der Waals surface area contributed by atoms with Crippen LogP contribution in [-0.4, -0.2) is 50.2 Å². The Hall–Kier alpha value is -1.06. The van der Waals surface area contributed by atoms with Crippen LogP contribution in [0.4, 0.5) is 5.69 Å². The van der Waals surface area contributed by atoms with Crippen molar-refractivity contribution >= 4 is 5.69 Å². The van der Waals surface area contributed by atoms with Crippen molar-refractivity contribution in [3.8, 4) is 0 Å². The smallest absolute Gasteiger partial charge is 0.0366 e. The molecule has 0 aliphatic carbocycles. The van der Waals surface area contributed by atoms with Crippen LogP contribution in [-0.2, 0) is 0 Å². The van der Waals surface area contributed by atoms with Crippen LogP contribution < -0.4 is 10.2 Å². The Bertz CT molecular complexity index is 357. The third-order valence-corrected chi connectivity index (χ3v) is 4.18. The molecule has 1 N–H and O–H groups in total. The minimum absolute atomic E-state index is 0.755. The molecule has 0 bridgehead atoms. The Morgan fingerprint density at radius 3 is 2.78 bits per heavy atom. The highest BCUT2D eigenvalue weighted by molar-refractivity contribution is 5.47. The fourth-order valence-electron chi connectivity index (χ4n) is 3.14. The minimum Gasteiger partial charge on any atom is -0.370 e. The molecule has 1 aromatic carbocycles. The number of nitrogens with zero attached hydrogens (tertiary/aromatic N) is 2. The van der Waals surface area contributed by atoms with Crippen LogP contribution in [0.15, 0.2) is 30.3 Å². The largest absolute Gasteiger partial charge is 0.370 e. The molecule has 3 heteroatoms. The predicted molar refractivity (Wildman–Crippen MR) is 76.1 cm³/mol. The Morgan fingerprint density at radius 2 is 1.89 bits per heavy atom. The monoisotopic (exact) mass is 245 g/mol. The molecule has 3 nitrogen and oxygen atoms in total. The SMILES string of the molecule is c1ccc(N2CCC(N3CCCNCC3)C2)cc1. The zero-order chi connectivity index (χ0) is 12.2. The minimum atomic E-state index is 0.755. The third kappa shape index (κ3) is 2.68. The first-order chi connectivity index (χ1) is 8.93. The summed E-state index contributed by atoms with van der Waals surface area (Å²) in [5.41, 5.74) is 1.38. The van der Waals surface area contributed by atoms with Crippen LogP contribution in [0.2, 0.25) is 0 Å². The van der Waals surface area contributed by atoms with E-state index in [0.717, 1.165) is 12.6 Å². The maximum Gasteiger partial charge on any atom is 0.0366 e. The third-order valence-electron chi connectivity index (χ3n) is 4.18. The van der Waals surface area contributed by atoms with Gasteiger partial charge in [0, 0.05) is 37.9 Å². The van der Waals surface area contributed by atoms with Crippen molar-refractivity contribution < 1.29 is 0 Å². The summed E-state index contributed by atoms with van der Waals surface area (Å²) in [5.74, 6) is 0. The topological polar surface area (TPSA) is 18.5 Å². The molecule has 0 amide bonds. The number of hydrogen-bond donors (Lipinski definition) is 1. The van der Waals surface area contributed by atoms with Gasteiger partial charge in [-0.25, -0.2) is 0 Å². The Kier molecular flexibility index (Phi) is 3.81. The molecule has 0 radical (unpaired) electrons. The lowest BCUT2D eigenvalue weighted by Gasteiger charge is -2.27. The van der Waals surface area contributed by atoms with Gasteiger partial charge < -0.3 is 10.2 Å². The number of hydrogen-bond acceptors (Lipinski definition) is 3. The highest BCUT2D eigenvalue weighted by Crippen LogP contribution is 2.22. The molecule has 3 rings (SSSR count). The molecule has 2 aliphatic rings. The summed E-state index contributed by atoms with van der Waals surface area (Å²) < 4.78 is 0. The second-order valence-electron chi connectivity index (χ2n) is 5.36. The van der Waals surface area contributed by atoms with Crippen LogP contribution in [0.3, 0.4) is 0 Å². The Labute approximate surface area is 110 Å². The molecule has 1 aromatic rings. The van der Waals surface area contributed by atoms with Crippen molar-refractivity contribution in [3.63, 3.8) is 0 Å². The van der Waals surface area contributed by atoms with Gasteiger partial charge in [-0.15, -0.1) is 0 Å². The second-order valence-corrected chi connectivity index (χ2v) is 5.36. The first-order valence-corrected chi connectivity index (χ1v) is 7.18. The molecule has 1 atom stereocenters. The van der Waals surface area contributed by atoms with Crippen LogP contribution in [0.5, 0.6) is 0 Å². The van der Waals surface area contributed by atoms with Gasteiger partial charge in [-0.3, -0.25) is 4.90 Å². The molecule has 2 heterocycles. The first kappa shape index (κ1) is 12.0. The quantitative estimate of drug-likeness (QED) is 0.853. The standard InChI is InChI=1S/C15H23N3/c1-2-5-14(6-3-1)18-11-7-15(13-18)17-10-4-8-16-9-12-17/h1-3,5-6,15-16H,4,7-13H2. The molecular formula is C15H23N3. The van der Waals surface area contributed by atoms with Crippen LogP contribution in [0.25, 0.3) is 0 Å². The van der Waals surface area contributed by atoms with Crippen molar-refractivity contribution in [1.82, 2.24) is 10.2 Å². The van der Waals surface area contributed by atoms with Crippen LogP contribution in [0, 0.1) is 0 Å². The summed E-state index contributed by atoms with van der Waals surface area (Å²) in [7, 11) is 0. The van der Waals surface area contributed by atoms with Crippen LogP contribution >= 0.6 is 0 Å². The summed E-state index contributed by atoms with van der Waals surface area (Å²) in [6.07, 6.45) is 2.61. The molecule has 2 saturated heterocycles. The van der Waals surface area contributed by atoms with E-state index >= 15 is 0 Å². The molecule has 1 unspecified atom stereocenters. The van der Waals surface area contributed by atoms with E-state index in [4.69, 9.17) is 0 Å². The van der Waals surface area contributed by atoms with Crippen molar-refractivity contribution in [2.24, 2.45) is 0 Å². The number of para-hydroxylation sites is 1. The molecular weight excluding hydrogens is 222 g/mol. The fourth-order valence-corrected chi connectivity index (χ4v) is 3.14. The fraction of sp³-hybridized carbons (Fsp3) is 0.600. The van der Waals surface area contributed by atoms with Crippen molar-refractivity contribution in [2.45, 2.75) is 18.9 Å². The maximum atomic E-state index is 3.49. The molecule has 2 aliphatic heterocycles.